The molecule has 1 aliphatic heterocycles. The number of nitrogens with zero attached hydrogens (tertiary/aromatic N) is 1. The van der Waals surface area contributed by atoms with E-state index in [0.29, 0.717) is 12.8 Å². The highest BCUT2D eigenvalue weighted by Crippen LogP contribution is 2.47. The number of likely N-dealkylation sites (tertiary alicyclic amines) is 1. The molecule has 20 heavy (non-hydrogen) atoms. The van der Waals surface area contributed by atoms with E-state index in [9.17, 15) is 14.7 Å². The van der Waals surface area contributed by atoms with Crippen molar-refractivity contribution < 1.29 is 14.7 Å². The second kappa shape index (κ2) is 4.93. The number of phenols is 1. The van der Waals surface area contributed by atoms with Crippen molar-refractivity contribution in [1.29, 1.82) is 0 Å². The Morgan fingerprint density at radius 1 is 1.10 bits per heavy atom. The minimum absolute atomic E-state index is 0.0521. The van der Waals surface area contributed by atoms with Gasteiger partial charge in [0.2, 0.25) is 11.8 Å². The number of piperidine rings is 1. The van der Waals surface area contributed by atoms with Gasteiger partial charge < -0.3 is 5.11 Å². The first-order valence-electron chi connectivity index (χ1n) is 7.19. The van der Waals surface area contributed by atoms with Gasteiger partial charge in [-0.25, -0.2) is 0 Å². The number of aromatic hydroxyl groups is 1. The fourth-order valence-electron chi connectivity index (χ4n) is 3.53. The second-order valence-corrected chi connectivity index (χ2v) is 6.10. The molecule has 0 radical (unpaired) electrons. The lowest BCUT2D eigenvalue weighted by Crippen LogP contribution is -2.46. The van der Waals surface area contributed by atoms with Gasteiger partial charge in [-0.2, -0.15) is 0 Å². The fourth-order valence-corrected chi connectivity index (χ4v) is 3.53. The van der Waals surface area contributed by atoms with Crippen LogP contribution < -0.4 is 0 Å². The standard InChI is InChI=1S/C16H19NO3/c18-13-5-3-4-12(8-13)11-17-14(19)9-16(10-15(17)20)6-1-2-7-16/h3-5,8,18H,1-2,6-7,9-11H2. The van der Waals surface area contributed by atoms with E-state index < -0.39 is 0 Å². The summed E-state index contributed by atoms with van der Waals surface area (Å²) < 4.78 is 0. The van der Waals surface area contributed by atoms with Gasteiger partial charge in [-0.05, 0) is 36.0 Å². The molecule has 4 heteroatoms. The van der Waals surface area contributed by atoms with Crippen molar-refractivity contribution in [3.8, 4) is 5.75 Å². The number of hydrogen-bond donors (Lipinski definition) is 1. The Labute approximate surface area is 118 Å². The summed E-state index contributed by atoms with van der Waals surface area (Å²) in [7, 11) is 0. The molecule has 1 aromatic rings. The lowest BCUT2D eigenvalue weighted by molar-refractivity contribution is -0.154. The first kappa shape index (κ1) is 13.2. The van der Waals surface area contributed by atoms with Gasteiger partial charge in [0.05, 0.1) is 6.54 Å². The second-order valence-electron chi connectivity index (χ2n) is 6.10. The molecule has 0 atom stereocenters. The molecule has 0 aromatic heterocycles. The van der Waals surface area contributed by atoms with E-state index in [1.807, 2.05) is 6.07 Å². The summed E-state index contributed by atoms with van der Waals surface area (Å²) in [5, 5.41) is 9.45. The molecule has 1 aromatic carbocycles. The minimum Gasteiger partial charge on any atom is -0.508 e. The molecule has 3 rings (SSSR count). The third-order valence-electron chi connectivity index (χ3n) is 4.57. The average molecular weight is 273 g/mol. The van der Waals surface area contributed by atoms with Gasteiger partial charge in [-0.3, -0.25) is 14.5 Å². The van der Waals surface area contributed by atoms with Gasteiger partial charge in [-0.15, -0.1) is 0 Å². The minimum atomic E-state index is -0.0634. The maximum absolute atomic E-state index is 12.3. The van der Waals surface area contributed by atoms with Gasteiger partial charge in [0.25, 0.3) is 0 Å². The van der Waals surface area contributed by atoms with Crippen molar-refractivity contribution in [2.45, 2.75) is 45.1 Å². The lowest BCUT2D eigenvalue weighted by Gasteiger charge is -2.37. The van der Waals surface area contributed by atoms with Crippen LogP contribution in [-0.2, 0) is 16.1 Å². The van der Waals surface area contributed by atoms with Gasteiger partial charge in [-0.1, -0.05) is 25.0 Å². The van der Waals surface area contributed by atoms with Crippen molar-refractivity contribution in [2.75, 3.05) is 0 Å². The summed E-state index contributed by atoms with van der Waals surface area (Å²) in [5.74, 6) is 0.0321. The SMILES string of the molecule is O=C1CC2(CCCC2)CC(=O)N1Cc1cccc(O)c1. The van der Waals surface area contributed by atoms with E-state index in [1.54, 1.807) is 18.2 Å². The number of amides is 2. The molecular formula is C16H19NO3. The highest BCUT2D eigenvalue weighted by molar-refractivity contribution is 5.98. The molecule has 1 heterocycles. The number of hydrogen-bond acceptors (Lipinski definition) is 3. The molecule has 2 aliphatic rings. The van der Waals surface area contributed by atoms with Gasteiger partial charge in [0.1, 0.15) is 5.75 Å². The Hall–Kier alpha value is -1.84. The van der Waals surface area contributed by atoms with Crippen LogP contribution in [0.4, 0.5) is 0 Å². The maximum atomic E-state index is 12.3. The Morgan fingerprint density at radius 3 is 2.35 bits per heavy atom. The van der Waals surface area contributed by atoms with Crippen LogP contribution in [0.1, 0.15) is 44.1 Å². The lowest BCUT2D eigenvalue weighted by atomic mass is 9.76. The normalized spacial score (nSPS) is 21.7. The molecule has 1 saturated carbocycles. The molecule has 1 aliphatic carbocycles. The third kappa shape index (κ3) is 2.42. The van der Waals surface area contributed by atoms with E-state index in [-0.39, 0.29) is 29.5 Å². The molecule has 2 fully saturated rings. The summed E-state index contributed by atoms with van der Waals surface area (Å²) in [6.07, 6.45) is 5.27. The summed E-state index contributed by atoms with van der Waals surface area (Å²) in [5.41, 5.74) is 0.734. The van der Waals surface area contributed by atoms with Gasteiger partial charge in [0.15, 0.2) is 0 Å². The number of benzene rings is 1. The Morgan fingerprint density at radius 2 is 1.75 bits per heavy atom. The first-order chi connectivity index (χ1) is 9.58. The monoisotopic (exact) mass is 273 g/mol. The van der Waals surface area contributed by atoms with Crippen LogP contribution in [0, 0.1) is 5.41 Å². The quantitative estimate of drug-likeness (QED) is 0.843. The zero-order valence-electron chi connectivity index (χ0n) is 11.5. The van der Waals surface area contributed by atoms with Crippen LogP contribution in [0.25, 0.3) is 0 Å². The van der Waals surface area contributed by atoms with E-state index in [0.717, 1.165) is 31.2 Å². The van der Waals surface area contributed by atoms with Crippen molar-refractivity contribution in [3.63, 3.8) is 0 Å². The Bertz CT molecular complexity index is 526. The zero-order chi connectivity index (χ0) is 14.2. The molecule has 1 saturated heterocycles. The summed E-state index contributed by atoms with van der Waals surface area (Å²) >= 11 is 0. The summed E-state index contributed by atoms with van der Waals surface area (Å²) in [6, 6.07) is 6.72. The number of carbonyl (C=O) groups excluding carboxylic acids is 2. The van der Waals surface area contributed by atoms with Gasteiger partial charge in [0, 0.05) is 12.8 Å². The van der Waals surface area contributed by atoms with Crippen LogP contribution in [0.3, 0.4) is 0 Å². The van der Waals surface area contributed by atoms with E-state index in [4.69, 9.17) is 0 Å². The molecule has 4 nitrogen and oxygen atoms in total. The van der Waals surface area contributed by atoms with Crippen LogP contribution in [0.2, 0.25) is 0 Å². The predicted octanol–water partition coefficient (Wildman–Crippen LogP) is 2.60. The van der Waals surface area contributed by atoms with E-state index >= 15 is 0 Å². The number of imide groups is 1. The number of carbonyl (C=O) groups is 2. The topological polar surface area (TPSA) is 57.6 Å². The predicted molar refractivity (Wildman–Crippen MR) is 73.8 cm³/mol. The van der Waals surface area contributed by atoms with Crippen molar-refractivity contribution in [2.24, 2.45) is 5.41 Å². The molecule has 1 N–H and O–H groups in total. The van der Waals surface area contributed by atoms with Crippen molar-refractivity contribution in [3.05, 3.63) is 29.8 Å². The third-order valence-corrected chi connectivity index (χ3v) is 4.57. The van der Waals surface area contributed by atoms with Crippen LogP contribution in [0.5, 0.6) is 5.75 Å². The highest BCUT2D eigenvalue weighted by atomic mass is 16.3. The molecule has 2 amide bonds. The van der Waals surface area contributed by atoms with Crippen molar-refractivity contribution in [1.82, 2.24) is 4.90 Å². The number of phenolic OH excluding ortho intramolecular Hbond substituents is 1. The Balaban J connectivity index is 1.75. The number of rotatable bonds is 2. The fraction of sp³-hybridized carbons (Fsp3) is 0.500. The summed E-state index contributed by atoms with van der Waals surface area (Å²) in [4.78, 5) is 25.9. The smallest absolute Gasteiger partial charge is 0.230 e. The van der Waals surface area contributed by atoms with Crippen LogP contribution >= 0.6 is 0 Å². The molecular weight excluding hydrogens is 254 g/mol. The van der Waals surface area contributed by atoms with Crippen LogP contribution in [0.15, 0.2) is 24.3 Å². The summed E-state index contributed by atoms with van der Waals surface area (Å²) in [6.45, 7) is 0.266. The van der Waals surface area contributed by atoms with E-state index in [1.165, 1.54) is 4.90 Å². The molecule has 1 spiro atoms. The average Bonchev–Trinajstić information content (AvgIpc) is 2.82. The highest BCUT2D eigenvalue weighted by Gasteiger charge is 2.44. The van der Waals surface area contributed by atoms with Crippen molar-refractivity contribution >= 4 is 11.8 Å². The maximum Gasteiger partial charge on any atom is 0.230 e. The molecule has 0 bridgehead atoms. The first-order valence-corrected chi connectivity index (χ1v) is 7.19. The zero-order valence-corrected chi connectivity index (χ0v) is 11.5. The van der Waals surface area contributed by atoms with E-state index in [2.05, 4.69) is 0 Å². The molecule has 0 unspecified atom stereocenters. The van der Waals surface area contributed by atoms with Crippen LogP contribution in [-0.4, -0.2) is 21.8 Å². The van der Waals surface area contributed by atoms with Gasteiger partial charge >= 0.3 is 0 Å². The Kier molecular flexibility index (Phi) is 3.24. The molecule has 106 valence electrons. The largest absolute Gasteiger partial charge is 0.508 e.